The van der Waals surface area contributed by atoms with Gasteiger partial charge in [0.15, 0.2) is 5.65 Å². The third-order valence-electron chi connectivity index (χ3n) is 4.72. The van der Waals surface area contributed by atoms with Crippen molar-refractivity contribution >= 4 is 16.7 Å². The Kier molecular flexibility index (Phi) is 3.57. The highest BCUT2D eigenvalue weighted by atomic mass is 16.1. The average molecular weight is 328 g/mol. The molecule has 1 fully saturated rings. The van der Waals surface area contributed by atoms with Crippen molar-refractivity contribution in [3.8, 4) is 0 Å². The third-order valence-corrected chi connectivity index (χ3v) is 4.72. The van der Waals surface area contributed by atoms with Gasteiger partial charge >= 0.3 is 0 Å². The zero-order chi connectivity index (χ0) is 16.7. The molecular formula is C15H20N8O. The summed E-state index contributed by atoms with van der Waals surface area (Å²) in [7, 11) is 1.79. The number of piperidine rings is 1. The number of nitrogen functional groups attached to an aromatic ring is 1. The van der Waals surface area contributed by atoms with Crippen LogP contribution in [-0.4, -0.2) is 47.9 Å². The van der Waals surface area contributed by atoms with E-state index in [-0.39, 0.29) is 5.56 Å². The summed E-state index contributed by atoms with van der Waals surface area (Å²) in [5, 5.41) is 11.6. The van der Waals surface area contributed by atoms with Gasteiger partial charge in [-0.25, -0.2) is 4.98 Å². The number of hydrogen-bond acceptors (Lipinski definition) is 6. The van der Waals surface area contributed by atoms with Gasteiger partial charge in [-0.3, -0.25) is 19.5 Å². The first-order valence-corrected chi connectivity index (χ1v) is 8.04. The van der Waals surface area contributed by atoms with Gasteiger partial charge < -0.3 is 10.7 Å². The second-order valence-electron chi connectivity index (χ2n) is 6.31. The van der Waals surface area contributed by atoms with Crippen LogP contribution in [0.2, 0.25) is 0 Å². The van der Waals surface area contributed by atoms with Gasteiger partial charge in [0.2, 0.25) is 0 Å². The maximum atomic E-state index is 12.1. The van der Waals surface area contributed by atoms with Gasteiger partial charge in [0.05, 0.1) is 30.3 Å². The molecule has 0 aliphatic carbocycles. The van der Waals surface area contributed by atoms with Crippen molar-refractivity contribution in [2.75, 3.05) is 18.8 Å². The first-order chi connectivity index (χ1) is 11.6. The van der Waals surface area contributed by atoms with E-state index in [1.54, 1.807) is 24.1 Å². The standard InChI is InChI=1S/C15H20N8O/c1-22-14-10(6-18-22)15(24)20-12(19-14)8-23-4-2-9(3-5-23)13-11(16)7-17-21-13/h6-7,9H,2-5,8,16H2,1H3,(H,17,21)(H,19,20,24). The van der Waals surface area contributed by atoms with Gasteiger partial charge in [-0.15, -0.1) is 0 Å². The molecule has 0 atom stereocenters. The second kappa shape index (κ2) is 5.75. The van der Waals surface area contributed by atoms with E-state index in [1.165, 1.54) is 0 Å². The van der Waals surface area contributed by atoms with Crippen LogP contribution in [0, 0.1) is 0 Å². The minimum Gasteiger partial charge on any atom is -0.396 e. The van der Waals surface area contributed by atoms with E-state index < -0.39 is 0 Å². The Labute approximate surface area is 137 Å². The highest BCUT2D eigenvalue weighted by Crippen LogP contribution is 2.30. The van der Waals surface area contributed by atoms with Crippen molar-refractivity contribution in [3.05, 3.63) is 34.3 Å². The van der Waals surface area contributed by atoms with E-state index in [0.29, 0.717) is 29.3 Å². The van der Waals surface area contributed by atoms with Gasteiger partial charge in [-0.1, -0.05) is 0 Å². The molecule has 0 radical (unpaired) electrons. The maximum absolute atomic E-state index is 12.1. The zero-order valence-electron chi connectivity index (χ0n) is 13.5. The number of H-pyrrole nitrogens is 2. The number of anilines is 1. The Morgan fingerprint density at radius 2 is 2.12 bits per heavy atom. The van der Waals surface area contributed by atoms with E-state index in [9.17, 15) is 4.79 Å². The van der Waals surface area contributed by atoms with Crippen molar-refractivity contribution in [1.29, 1.82) is 0 Å². The molecule has 3 aromatic heterocycles. The summed E-state index contributed by atoms with van der Waals surface area (Å²) < 4.78 is 1.63. The van der Waals surface area contributed by atoms with Crippen LogP contribution in [0.4, 0.5) is 5.69 Å². The molecule has 0 bridgehead atoms. The molecule has 4 rings (SSSR count). The number of likely N-dealkylation sites (tertiary alicyclic amines) is 1. The summed E-state index contributed by atoms with van der Waals surface area (Å²) in [6.45, 7) is 2.48. The number of aromatic amines is 2. The molecule has 9 nitrogen and oxygen atoms in total. The average Bonchev–Trinajstić information content (AvgIpc) is 3.15. The Morgan fingerprint density at radius 3 is 2.83 bits per heavy atom. The number of hydrogen-bond donors (Lipinski definition) is 3. The van der Waals surface area contributed by atoms with Crippen LogP contribution < -0.4 is 11.3 Å². The van der Waals surface area contributed by atoms with Gasteiger partial charge in [-0.05, 0) is 25.9 Å². The number of nitrogens with zero attached hydrogens (tertiary/aromatic N) is 5. The van der Waals surface area contributed by atoms with Crippen LogP contribution in [0.3, 0.4) is 0 Å². The Hall–Kier alpha value is -2.68. The van der Waals surface area contributed by atoms with Crippen molar-refractivity contribution < 1.29 is 0 Å². The summed E-state index contributed by atoms with van der Waals surface area (Å²) in [5.74, 6) is 1.09. The SMILES string of the molecule is Cn1ncc2c(=O)[nH]c(CN3CCC(c4[nH]ncc4N)CC3)nc21. The smallest absolute Gasteiger partial charge is 0.262 e. The minimum absolute atomic E-state index is 0.136. The molecule has 126 valence electrons. The van der Waals surface area contributed by atoms with Gasteiger partial charge in [0.1, 0.15) is 11.2 Å². The Bertz CT molecular complexity index is 915. The van der Waals surface area contributed by atoms with Gasteiger partial charge in [0, 0.05) is 13.0 Å². The molecule has 1 saturated heterocycles. The molecule has 3 aromatic rings. The maximum Gasteiger partial charge on any atom is 0.262 e. The largest absolute Gasteiger partial charge is 0.396 e. The molecule has 9 heteroatoms. The fourth-order valence-corrected chi connectivity index (χ4v) is 3.38. The molecule has 0 aromatic carbocycles. The van der Waals surface area contributed by atoms with E-state index in [1.807, 2.05) is 0 Å². The summed E-state index contributed by atoms with van der Waals surface area (Å²) in [4.78, 5) is 21.8. The predicted molar refractivity (Wildman–Crippen MR) is 89.4 cm³/mol. The second-order valence-corrected chi connectivity index (χ2v) is 6.31. The van der Waals surface area contributed by atoms with Crippen LogP contribution in [0.1, 0.15) is 30.3 Å². The third kappa shape index (κ3) is 2.56. The first kappa shape index (κ1) is 14.9. The highest BCUT2D eigenvalue weighted by molar-refractivity contribution is 5.72. The molecule has 0 saturated carbocycles. The molecule has 1 aliphatic rings. The van der Waals surface area contributed by atoms with Crippen molar-refractivity contribution in [2.45, 2.75) is 25.3 Å². The lowest BCUT2D eigenvalue weighted by molar-refractivity contribution is 0.199. The monoisotopic (exact) mass is 328 g/mol. The van der Waals surface area contributed by atoms with Crippen LogP contribution in [-0.2, 0) is 13.6 Å². The number of rotatable bonds is 3. The first-order valence-electron chi connectivity index (χ1n) is 8.04. The van der Waals surface area contributed by atoms with Crippen molar-refractivity contribution in [1.82, 2.24) is 34.8 Å². The van der Waals surface area contributed by atoms with E-state index in [4.69, 9.17) is 5.73 Å². The van der Waals surface area contributed by atoms with E-state index in [2.05, 4.69) is 30.2 Å². The van der Waals surface area contributed by atoms with Crippen LogP contribution in [0.15, 0.2) is 17.2 Å². The summed E-state index contributed by atoms with van der Waals surface area (Å²) in [5.41, 5.74) is 8.20. The topological polar surface area (TPSA) is 122 Å². The quantitative estimate of drug-likeness (QED) is 0.637. The van der Waals surface area contributed by atoms with Crippen LogP contribution in [0.25, 0.3) is 11.0 Å². The number of nitrogens with two attached hydrogens (primary N) is 1. The van der Waals surface area contributed by atoms with Gasteiger partial charge in [0.25, 0.3) is 5.56 Å². The van der Waals surface area contributed by atoms with Crippen LogP contribution >= 0.6 is 0 Å². The fraction of sp³-hybridized carbons (Fsp3) is 0.467. The molecule has 0 amide bonds. The minimum atomic E-state index is -0.136. The van der Waals surface area contributed by atoms with E-state index >= 15 is 0 Å². The number of aromatic nitrogens is 6. The molecule has 4 heterocycles. The highest BCUT2D eigenvalue weighted by Gasteiger charge is 2.24. The van der Waals surface area contributed by atoms with Gasteiger partial charge in [-0.2, -0.15) is 10.2 Å². The Balaban J connectivity index is 1.46. The van der Waals surface area contributed by atoms with Crippen LogP contribution in [0.5, 0.6) is 0 Å². The molecule has 0 spiro atoms. The van der Waals surface area contributed by atoms with Crippen molar-refractivity contribution in [2.24, 2.45) is 7.05 Å². The number of aryl methyl sites for hydroxylation is 1. The molecule has 24 heavy (non-hydrogen) atoms. The summed E-state index contributed by atoms with van der Waals surface area (Å²) in [6.07, 6.45) is 5.22. The number of nitrogens with one attached hydrogen (secondary N) is 2. The molecule has 4 N–H and O–H groups in total. The molecule has 0 unspecified atom stereocenters. The predicted octanol–water partition coefficient (Wildman–Crippen LogP) is 0.341. The zero-order valence-corrected chi connectivity index (χ0v) is 13.5. The van der Waals surface area contributed by atoms with Crippen molar-refractivity contribution in [3.63, 3.8) is 0 Å². The molecular weight excluding hydrogens is 308 g/mol. The lowest BCUT2D eigenvalue weighted by atomic mass is 9.93. The normalized spacial score (nSPS) is 16.9. The lowest BCUT2D eigenvalue weighted by Crippen LogP contribution is -2.34. The number of fused-ring (bicyclic) bond motifs is 1. The Morgan fingerprint density at radius 1 is 1.33 bits per heavy atom. The lowest BCUT2D eigenvalue weighted by Gasteiger charge is -2.31. The van der Waals surface area contributed by atoms with E-state index in [0.717, 1.165) is 37.3 Å². The summed E-state index contributed by atoms with van der Waals surface area (Å²) >= 11 is 0. The fourth-order valence-electron chi connectivity index (χ4n) is 3.38. The summed E-state index contributed by atoms with van der Waals surface area (Å²) in [6, 6.07) is 0. The molecule has 1 aliphatic heterocycles.